The zero-order chi connectivity index (χ0) is 11.3. The van der Waals surface area contributed by atoms with Crippen molar-refractivity contribution in [1.82, 2.24) is 5.32 Å². The SMILES string of the molecule is Cc1cc(C)c(CCNCC=O)cc1C. The first-order chi connectivity index (χ1) is 7.15. The molecule has 0 amide bonds. The number of carbonyl (C=O) groups is 1. The van der Waals surface area contributed by atoms with Gasteiger partial charge in [-0.1, -0.05) is 12.1 Å². The Morgan fingerprint density at radius 3 is 2.47 bits per heavy atom. The van der Waals surface area contributed by atoms with E-state index in [2.05, 4.69) is 38.2 Å². The van der Waals surface area contributed by atoms with Gasteiger partial charge < -0.3 is 10.1 Å². The molecule has 0 aliphatic rings. The first-order valence-electron chi connectivity index (χ1n) is 5.36. The Labute approximate surface area is 91.7 Å². The van der Waals surface area contributed by atoms with E-state index in [1.54, 1.807) is 0 Å². The molecule has 1 aromatic carbocycles. The summed E-state index contributed by atoms with van der Waals surface area (Å²) < 4.78 is 0. The number of benzene rings is 1. The van der Waals surface area contributed by atoms with Gasteiger partial charge in [-0.2, -0.15) is 0 Å². The van der Waals surface area contributed by atoms with Crippen LogP contribution in [0.15, 0.2) is 12.1 Å². The van der Waals surface area contributed by atoms with Crippen LogP contribution < -0.4 is 5.32 Å². The van der Waals surface area contributed by atoms with E-state index in [9.17, 15) is 4.79 Å². The van der Waals surface area contributed by atoms with Crippen LogP contribution in [0.5, 0.6) is 0 Å². The second kappa shape index (κ2) is 5.66. The van der Waals surface area contributed by atoms with Crippen molar-refractivity contribution in [3.8, 4) is 0 Å². The molecule has 0 aliphatic heterocycles. The third kappa shape index (κ3) is 3.48. The smallest absolute Gasteiger partial charge is 0.133 e. The minimum atomic E-state index is 0.448. The summed E-state index contributed by atoms with van der Waals surface area (Å²) in [6.07, 6.45) is 1.88. The fourth-order valence-electron chi connectivity index (χ4n) is 1.67. The summed E-state index contributed by atoms with van der Waals surface area (Å²) in [5.41, 5.74) is 5.39. The average molecular weight is 205 g/mol. The molecule has 0 radical (unpaired) electrons. The van der Waals surface area contributed by atoms with E-state index in [1.165, 1.54) is 22.3 Å². The van der Waals surface area contributed by atoms with Crippen LogP contribution >= 0.6 is 0 Å². The number of aryl methyl sites for hydroxylation is 3. The van der Waals surface area contributed by atoms with Gasteiger partial charge in [0.05, 0.1) is 6.54 Å². The van der Waals surface area contributed by atoms with E-state index in [-0.39, 0.29) is 0 Å². The Hall–Kier alpha value is -1.15. The second-order valence-corrected chi connectivity index (χ2v) is 3.98. The molecule has 0 bridgehead atoms. The molecular formula is C13H19NO. The summed E-state index contributed by atoms with van der Waals surface area (Å²) in [5, 5.41) is 3.08. The van der Waals surface area contributed by atoms with Gasteiger partial charge in [-0.15, -0.1) is 0 Å². The lowest BCUT2D eigenvalue weighted by Crippen LogP contribution is -2.19. The largest absolute Gasteiger partial charge is 0.310 e. The van der Waals surface area contributed by atoms with E-state index in [4.69, 9.17) is 0 Å². The second-order valence-electron chi connectivity index (χ2n) is 3.98. The third-order valence-corrected chi connectivity index (χ3v) is 2.75. The first-order valence-corrected chi connectivity index (χ1v) is 5.36. The summed E-state index contributed by atoms with van der Waals surface area (Å²) in [6.45, 7) is 7.72. The highest BCUT2D eigenvalue weighted by Gasteiger charge is 2.01. The van der Waals surface area contributed by atoms with Crippen molar-refractivity contribution >= 4 is 6.29 Å². The molecule has 0 aromatic heterocycles. The maximum Gasteiger partial charge on any atom is 0.133 e. The van der Waals surface area contributed by atoms with Crippen molar-refractivity contribution in [2.24, 2.45) is 0 Å². The normalized spacial score (nSPS) is 10.3. The molecule has 1 aromatic rings. The number of hydrogen-bond acceptors (Lipinski definition) is 2. The minimum absolute atomic E-state index is 0.448. The predicted molar refractivity (Wildman–Crippen MR) is 63.3 cm³/mol. The van der Waals surface area contributed by atoms with Gasteiger partial charge in [-0.3, -0.25) is 0 Å². The summed E-state index contributed by atoms with van der Waals surface area (Å²) in [6, 6.07) is 4.47. The maximum absolute atomic E-state index is 10.1. The predicted octanol–water partition coefficient (Wildman–Crippen LogP) is 1.94. The van der Waals surface area contributed by atoms with E-state index >= 15 is 0 Å². The van der Waals surface area contributed by atoms with Gasteiger partial charge in [0.15, 0.2) is 0 Å². The molecule has 0 saturated heterocycles. The average Bonchev–Trinajstić information content (AvgIpc) is 2.20. The molecular weight excluding hydrogens is 186 g/mol. The van der Waals surface area contributed by atoms with Crippen LogP contribution in [-0.4, -0.2) is 19.4 Å². The number of hydrogen-bond donors (Lipinski definition) is 1. The van der Waals surface area contributed by atoms with Crippen LogP contribution in [-0.2, 0) is 11.2 Å². The molecule has 0 aliphatic carbocycles. The van der Waals surface area contributed by atoms with Crippen LogP contribution in [0, 0.1) is 20.8 Å². The summed E-state index contributed by atoms with van der Waals surface area (Å²) in [5.74, 6) is 0. The lowest BCUT2D eigenvalue weighted by molar-refractivity contribution is -0.107. The number of nitrogens with one attached hydrogen (secondary N) is 1. The van der Waals surface area contributed by atoms with Gasteiger partial charge in [0, 0.05) is 0 Å². The van der Waals surface area contributed by atoms with Gasteiger partial charge in [-0.05, 0) is 56.0 Å². The number of carbonyl (C=O) groups excluding carboxylic acids is 1. The van der Waals surface area contributed by atoms with Gasteiger partial charge in [0.25, 0.3) is 0 Å². The summed E-state index contributed by atoms with van der Waals surface area (Å²) in [4.78, 5) is 10.1. The van der Waals surface area contributed by atoms with Crippen LogP contribution in [0.2, 0.25) is 0 Å². The molecule has 2 nitrogen and oxygen atoms in total. The molecule has 0 fully saturated rings. The topological polar surface area (TPSA) is 29.1 Å². The first kappa shape index (κ1) is 11.9. The number of rotatable bonds is 5. The summed E-state index contributed by atoms with van der Waals surface area (Å²) in [7, 11) is 0. The lowest BCUT2D eigenvalue weighted by Gasteiger charge is -2.09. The maximum atomic E-state index is 10.1. The molecule has 0 spiro atoms. The Bertz CT molecular complexity index is 345. The zero-order valence-corrected chi connectivity index (χ0v) is 9.76. The van der Waals surface area contributed by atoms with Crippen molar-refractivity contribution in [1.29, 1.82) is 0 Å². The molecule has 1 rings (SSSR count). The third-order valence-electron chi connectivity index (χ3n) is 2.75. The van der Waals surface area contributed by atoms with Crippen LogP contribution in [0.25, 0.3) is 0 Å². The summed E-state index contributed by atoms with van der Waals surface area (Å²) >= 11 is 0. The Balaban J connectivity index is 2.61. The number of aldehydes is 1. The highest BCUT2D eigenvalue weighted by molar-refractivity contribution is 5.51. The monoisotopic (exact) mass is 205 g/mol. The van der Waals surface area contributed by atoms with Gasteiger partial charge in [0.2, 0.25) is 0 Å². The lowest BCUT2D eigenvalue weighted by atomic mass is 9.99. The minimum Gasteiger partial charge on any atom is -0.310 e. The quantitative estimate of drug-likeness (QED) is 0.588. The van der Waals surface area contributed by atoms with E-state index in [1.807, 2.05) is 0 Å². The standard InChI is InChI=1S/C13H19NO/c1-10-8-12(3)13(9-11(10)2)4-5-14-6-7-15/h7-9,14H,4-6H2,1-3H3. The molecule has 0 atom stereocenters. The van der Waals surface area contributed by atoms with Crippen molar-refractivity contribution in [2.75, 3.05) is 13.1 Å². The van der Waals surface area contributed by atoms with Crippen molar-refractivity contribution in [3.63, 3.8) is 0 Å². The van der Waals surface area contributed by atoms with E-state index in [0.717, 1.165) is 19.3 Å². The molecule has 0 saturated carbocycles. The molecule has 2 heteroatoms. The Morgan fingerprint density at radius 2 is 1.80 bits per heavy atom. The van der Waals surface area contributed by atoms with Gasteiger partial charge in [-0.25, -0.2) is 0 Å². The van der Waals surface area contributed by atoms with Crippen LogP contribution in [0.1, 0.15) is 22.3 Å². The van der Waals surface area contributed by atoms with Crippen molar-refractivity contribution in [2.45, 2.75) is 27.2 Å². The molecule has 15 heavy (non-hydrogen) atoms. The van der Waals surface area contributed by atoms with Crippen LogP contribution in [0.3, 0.4) is 0 Å². The molecule has 1 N–H and O–H groups in total. The van der Waals surface area contributed by atoms with Crippen molar-refractivity contribution in [3.05, 3.63) is 34.4 Å². The molecule has 82 valence electrons. The van der Waals surface area contributed by atoms with E-state index < -0.39 is 0 Å². The Morgan fingerprint density at radius 1 is 1.13 bits per heavy atom. The Kier molecular flexibility index (Phi) is 4.50. The highest BCUT2D eigenvalue weighted by Crippen LogP contribution is 2.15. The van der Waals surface area contributed by atoms with Crippen molar-refractivity contribution < 1.29 is 4.79 Å². The highest BCUT2D eigenvalue weighted by atomic mass is 16.1. The van der Waals surface area contributed by atoms with Crippen LogP contribution in [0.4, 0.5) is 0 Å². The zero-order valence-electron chi connectivity index (χ0n) is 9.76. The molecule has 0 unspecified atom stereocenters. The van der Waals surface area contributed by atoms with Gasteiger partial charge >= 0.3 is 0 Å². The fourth-order valence-corrected chi connectivity index (χ4v) is 1.67. The van der Waals surface area contributed by atoms with E-state index in [0.29, 0.717) is 6.54 Å². The van der Waals surface area contributed by atoms with Gasteiger partial charge in [0.1, 0.15) is 6.29 Å². The fraction of sp³-hybridized carbons (Fsp3) is 0.462. The molecule has 0 heterocycles.